The van der Waals surface area contributed by atoms with Crippen LogP contribution in [-0.4, -0.2) is 31.4 Å². The van der Waals surface area contributed by atoms with Gasteiger partial charge < -0.3 is 15.0 Å². The van der Waals surface area contributed by atoms with Crippen LogP contribution in [-0.2, 0) is 20.7 Å². The molecule has 0 spiro atoms. The van der Waals surface area contributed by atoms with Crippen molar-refractivity contribution >= 4 is 29.2 Å². The Labute approximate surface area is 158 Å². The summed E-state index contributed by atoms with van der Waals surface area (Å²) in [4.78, 5) is 38.4. The molecule has 140 valence electrons. The van der Waals surface area contributed by atoms with Crippen LogP contribution in [0.2, 0.25) is 0 Å². The van der Waals surface area contributed by atoms with Crippen LogP contribution in [0.4, 0.5) is 11.4 Å². The topological polar surface area (TPSA) is 75.7 Å². The Kier molecular flexibility index (Phi) is 5.54. The van der Waals surface area contributed by atoms with Crippen LogP contribution in [0.15, 0.2) is 48.5 Å². The molecule has 1 fully saturated rings. The van der Waals surface area contributed by atoms with Gasteiger partial charge in [-0.3, -0.25) is 9.59 Å². The summed E-state index contributed by atoms with van der Waals surface area (Å²) in [6.45, 7) is 2.39. The van der Waals surface area contributed by atoms with Gasteiger partial charge in [0.25, 0.3) is 0 Å². The van der Waals surface area contributed by atoms with Crippen LogP contribution in [0, 0.1) is 5.92 Å². The van der Waals surface area contributed by atoms with E-state index < -0.39 is 11.9 Å². The summed E-state index contributed by atoms with van der Waals surface area (Å²) in [5, 5.41) is 2.80. The van der Waals surface area contributed by atoms with Gasteiger partial charge in [0.2, 0.25) is 11.8 Å². The second kappa shape index (κ2) is 8.03. The van der Waals surface area contributed by atoms with E-state index in [2.05, 4.69) is 5.32 Å². The lowest BCUT2D eigenvalue weighted by molar-refractivity contribution is -0.122. The number of rotatable bonds is 5. The Morgan fingerprint density at radius 3 is 2.70 bits per heavy atom. The first-order chi connectivity index (χ1) is 13.0. The third-order valence-corrected chi connectivity index (χ3v) is 4.71. The molecule has 2 amide bonds. The van der Waals surface area contributed by atoms with Gasteiger partial charge in [0, 0.05) is 24.3 Å². The minimum Gasteiger partial charge on any atom is -0.465 e. The van der Waals surface area contributed by atoms with Gasteiger partial charge in [-0.1, -0.05) is 31.2 Å². The molecule has 0 bridgehead atoms. The highest BCUT2D eigenvalue weighted by Gasteiger charge is 2.35. The molecule has 6 nitrogen and oxygen atoms in total. The zero-order chi connectivity index (χ0) is 19.4. The smallest absolute Gasteiger partial charge is 0.337 e. The molecule has 27 heavy (non-hydrogen) atoms. The number of methoxy groups -OCH3 is 1. The zero-order valence-corrected chi connectivity index (χ0v) is 15.4. The number of hydrogen-bond donors (Lipinski definition) is 1. The van der Waals surface area contributed by atoms with Crippen LogP contribution in [0.25, 0.3) is 0 Å². The van der Waals surface area contributed by atoms with Crippen molar-refractivity contribution in [2.75, 3.05) is 23.9 Å². The number of ether oxygens (including phenoxy) is 1. The van der Waals surface area contributed by atoms with Crippen molar-refractivity contribution in [1.29, 1.82) is 0 Å². The highest BCUT2D eigenvalue weighted by molar-refractivity contribution is 6.04. The van der Waals surface area contributed by atoms with Crippen LogP contribution >= 0.6 is 0 Å². The van der Waals surface area contributed by atoms with Crippen LogP contribution < -0.4 is 10.2 Å². The fourth-order valence-electron chi connectivity index (χ4n) is 3.28. The van der Waals surface area contributed by atoms with Gasteiger partial charge in [-0.25, -0.2) is 4.79 Å². The van der Waals surface area contributed by atoms with Crippen molar-refractivity contribution < 1.29 is 19.1 Å². The number of benzene rings is 2. The highest BCUT2D eigenvalue weighted by atomic mass is 16.5. The van der Waals surface area contributed by atoms with Crippen molar-refractivity contribution in [2.24, 2.45) is 5.92 Å². The first-order valence-corrected chi connectivity index (χ1v) is 8.91. The molecule has 1 heterocycles. The van der Waals surface area contributed by atoms with E-state index in [1.165, 1.54) is 7.11 Å². The molecule has 1 aliphatic rings. The lowest BCUT2D eigenvalue weighted by Gasteiger charge is -2.20. The summed E-state index contributed by atoms with van der Waals surface area (Å²) in [6.07, 6.45) is 0.984. The monoisotopic (exact) mass is 366 g/mol. The minimum atomic E-state index is -0.468. The molecule has 1 atom stereocenters. The fourth-order valence-corrected chi connectivity index (χ4v) is 3.28. The molecule has 1 unspecified atom stereocenters. The second-order valence-corrected chi connectivity index (χ2v) is 6.45. The fraction of sp³-hybridized carbons (Fsp3) is 0.286. The number of carbonyl (C=O) groups is 3. The molecular weight excluding hydrogens is 344 g/mol. The van der Waals surface area contributed by atoms with E-state index in [9.17, 15) is 14.4 Å². The SMILES string of the molecule is CCc1ccccc1N1CC(C(=O)Nc2cccc(C(=O)OC)c2)CC1=O. The predicted molar refractivity (Wildman–Crippen MR) is 103 cm³/mol. The normalized spacial score (nSPS) is 16.3. The largest absolute Gasteiger partial charge is 0.465 e. The maximum atomic E-state index is 12.6. The van der Waals surface area contributed by atoms with Gasteiger partial charge >= 0.3 is 5.97 Å². The van der Waals surface area contributed by atoms with E-state index in [0.29, 0.717) is 17.8 Å². The van der Waals surface area contributed by atoms with Crippen LogP contribution in [0.5, 0.6) is 0 Å². The molecule has 2 aromatic rings. The highest BCUT2D eigenvalue weighted by Crippen LogP contribution is 2.29. The number of nitrogens with one attached hydrogen (secondary N) is 1. The molecule has 2 aromatic carbocycles. The van der Waals surface area contributed by atoms with Gasteiger partial charge in [0.05, 0.1) is 18.6 Å². The molecule has 6 heteroatoms. The van der Waals surface area contributed by atoms with Gasteiger partial charge in [-0.15, -0.1) is 0 Å². The molecule has 0 aromatic heterocycles. The molecule has 0 radical (unpaired) electrons. The third-order valence-electron chi connectivity index (χ3n) is 4.71. The number of carbonyl (C=O) groups excluding carboxylic acids is 3. The molecule has 0 aliphatic carbocycles. The molecule has 3 rings (SSSR count). The second-order valence-electron chi connectivity index (χ2n) is 6.45. The summed E-state index contributed by atoms with van der Waals surface area (Å²) in [5.74, 6) is -1.20. The minimum absolute atomic E-state index is 0.0561. The number of aryl methyl sites for hydroxylation is 1. The van der Waals surface area contributed by atoms with Gasteiger partial charge in [-0.05, 0) is 36.2 Å². The number of nitrogens with zero attached hydrogens (tertiary/aromatic N) is 1. The van der Waals surface area contributed by atoms with E-state index in [1.54, 1.807) is 29.2 Å². The van der Waals surface area contributed by atoms with Crippen molar-refractivity contribution in [3.05, 3.63) is 59.7 Å². The van der Waals surface area contributed by atoms with Crippen molar-refractivity contribution in [3.63, 3.8) is 0 Å². The average Bonchev–Trinajstić information content (AvgIpc) is 3.09. The molecule has 1 aliphatic heterocycles. The van der Waals surface area contributed by atoms with Crippen LogP contribution in [0.3, 0.4) is 0 Å². The van der Waals surface area contributed by atoms with E-state index in [-0.39, 0.29) is 18.2 Å². The van der Waals surface area contributed by atoms with Crippen molar-refractivity contribution in [3.8, 4) is 0 Å². The summed E-state index contributed by atoms with van der Waals surface area (Å²) in [7, 11) is 1.31. The Balaban J connectivity index is 1.72. The summed E-state index contributed by atoms with van der Waals surface area (Å²) < 4.78 is 4.69. The molecule has 0 saturated carbocycles. The molecule has 1 N–H and O–H groups in total. The van der Waals surface area contributed by atoms with E-state index in [1.807, 2.05) is 31.2 Å². The van der Waals surface area contributed by atoms with Crippen molar-refractivity contribution in [2.45, 2.75) is 19.8 Å². The third kappa shape index (κ3) is 4.00. The lowest BCUT2D eigenvalue weighted by Crippen LogP contribution is -2.28. The van der Waals surface area contributed by atoms with E-state index in [4.69, 9.17) is 4.74 Å². The summed E-state index contributed by atoms with van der Waals surface area (Å²) in [6, 6.07) is 14.3. The van der Waals surface area contributed by atoms with Gasteiger partial charge in [0.1, 0.15) is 0 Å². The van der Waals surface area contributed by atoms with E-state index in [0.717, 1.165) is 17.7 Å². The van der Waals surface area contributed by atoms with Gasteiger partial charge in [-0.2, -0.15) is 0 Å². The zero-order valence-electron chi connectivity index (χ0n) is 15.4. The molecule has 1 saturated heterocycles. The maximum absolute atomic E-state index is 12.6. The Hall–Kier alpha value is -3.15. The Bertz CT molecular complexity index is 878. The Morgan fingerprint density at radius 2 is 1.96 bits per heavy atom. The lowest BCUT2D eigenvalue weighted by atomic mass is 10.1. The Morgan fingerprint density at radius 1 is 1.19 bits per heavy atom. The average molecular weight is 366 g/mol. The molecular formula is C21H22N2O4. The number of anilines is 2. The van der Waals surface area contributed by atoms with Crippen molar-refractivity contribution in [1.82, 2.24) is 0 Å². The summed E-state index contributed by atoms with van der Waals surface area (Å²) in [5.41, 5.74) is 2.81. The maximum Gasteiger partial charge on any atom is 0.337 e. The standard InChI is InChI=1S/C21H22N2O4/c1-3-14-7-4-5-10-18(14)23-13-16(12-19(23)24)20(25)22-17-9-6-8-15(11-17)21(26)27-2/h4-11,16H,3,12-13H2,1-2H3,(H,22,25). The predicted octanol–water partition coefficient (Wildman–Crippen LogP) is 3.03. The number of esters is 1. The quantitative estimate of drug-likeness (QED) is 0.826. The van der Waals surface area contributed by atoms with Crippen LogP contribution in [0.1, 0.15) is 29.3 Å². The van der Waals surface area contributed by atoms with Gasteiger partial charge in [0.15, 0.2) is 0 Å². The first kappa shape index (κ1) is 18.6. The van der Waals surface area contributed by atoms with E-state index >= 15 is 0 Å². The number of hydrogen-bond acceptors (Lipinski definition) is 4. The first-order valence-electron chi connectivity index (χ1n) is 8.91. The number of para-hydroxylation sites is 1. The number of amides is 2. The summed E-state index contributed by atoms with van der Waals surface area (Å²) >= 11 is 0.